The molecule has 0 aliphatic heterocycles. The molecule has 0 aliphatic carbocycles. The first-order chi connectivity index (χ1) is 12.2. The molecule has 0 saturated heterocycles. The summed E-state index contributed by atoms with van der Waals surface area (Å²) in [5.41, 5.74) is 2.59. The second kappa shape index (κ2) is 6.77. The summed E-state index contributed by atoms with van der Waals surface area (Å²) in [5.74, 6) is 0.302. The number of primary sulfonamides is 1. The first-order valence-electron chi connectivity index (χ1n) is 7.80. The van der Waals surface area contributed by atoms with Gasteiger partial charge in [-0.2, -0.15) is 0 Å². The van der Waals surface area contributed by atoms with Gasteiger partial charge in [0.15, 0.2) is 11.5 Å². The van der Waals surface area contributed by atoms with Crippen molar-refractivity contribution >= 4 is 38.4 Å². The molecular weight excluding hydrogens is 356 g/mol. The number of anilines is 2. The number of fused-ring (bicyclic) bond motifs is 1. The summed E-state index contributed by atoms with van der Waals surface area (Å²) in [5, 5.41) is 10.8. The number of sulfonamides is 1. The third-order valence-corrected chi connectivity index (χ3v) is 4.65. The molecule has 1 aromatic heterocycles. The van der Waals surface area contributed by atoms with Crippen LogP contribution in [0.2, 0.25) is 0 Å². The van der Waals surface area contributed by atoms with Crippen LogP contribution in [0.15, 0.2) is 51.8 Å². The van der Waals surface area contributed by atoms with Gasteiger partial charge in [0.05, 0.1) is 4.90 Å². The topological polar surface area (TPSA) is 127 Å². The number of hydrogen-bond donors (Lipinski definition) is 3. The smallest absolute Gasteiger partial charge is 0.246 e. The molecule has 3 rings (SSSR count). The van der Waals surface area contributed by atoms with E-state index in [0.717, 1.165) is 5.69 Å². The molecule has 0 unspecified atom stereocenters. The minimum atomic E-state index is -3.76. The van der Waals surface area contributed by atoms with Crippen LogP contribution in [-0.4, -0.2) is 25.4 Å². The number of hydrogen-bond acceptors (Lipinski definition) is 6. The highest BCUT2D eigenvalue weighted by molar-refractivity contribution is 7.89. The Kier molecular flexibility index (Phi) is 4.66. The highest BCUT2D eigenvalue weighted by Gasteiger charge is 2.14. The Morgan fingerprint density at radius 1 is 1.15 bits per heavy atom. The second-order valence-electron chi connectivity index (χ2n) is 5.84. The normalized spacial score (nSPS) is 12.7. The van der Waals surface area contributed by atoms with Crippen LogP contribution in [-0.2, 0) is 14.8 Å². The van der Waals surface area contributed by atoms with E-state index in [4.69, 9.17) is 9.56 Å². The minimum Gasteiger partial charge on any atom is -0.441 e. The van der Waals surface area contributed by atoms with E-state index in [1.807, 2.05) is 0 Å². The van der Waals surface area contributed by atoms with Crippen molar-refractivity contribution in [2.24, 2.45) is 5.14 Å². The van der Waals surface area contributed by atoms with E-state index in [1.165, 1.54) is 24.3 Å². The van der Waals surface area contributed by atoms with Crippen molar-refractivity contribution < 1.29 is 17.6 Å². The molecule has 0 aliphatic rings. The zero-order valence-corrected chi connectivity index (χ0v) is 15.0. The highest BCUT2D eigenvalue weighted by atomic mass is 32.2. The van der Waals surface area contributed by atoms with Gasteiger partial charge in [-0.3, -0.25) is 4.79 Å². The second-order valence-corrected chi connectivity index (χ2v) is 7.40. The third kappa shape index (κ3) is 4.01. The van der Waals surface area contributed by atoms with Gasteiger partial charge in [0, 0.05) is 18.3 Å². The molecule has 0 spiro atoms. The Balaban J connectivity index is 1.66. The van der Waals surface area contributed by atoms with Crippen LogP contribution in [0.3, 0.4) is 0 Å². The van der Waals surface area contributed by atoms with Crippen molar-refractivity contribution in [3.63, 3.8) is 0 Å². The maximum atomic E-state index is 12.3. The fourth-order valence-electron chi connectivity index (χ4n) is 2.43. The number of carbonyl (C=O) groups excluding carboxylic acids is 1. The molecule has 26 heavy (non-hydrogen) atoms. The maximum Gasteiger partial charge on any atom is 0.246 e. The fraction of sp³-hybridized carbons (Fsp3) is 0.176. The van der Waals surface area contributed by atoms with Crippen molar-refractivity contribution in [1.82, 2.24) is 4.98 Å². The average molecular weight is 374 g/mol. The Bertz CT molecular complexity index is 1060. The molecule has 8 nitrogen and oxygen atoms in total. The number of amides is 1. The number of nitrogens with one attached hydrogen (secondary N) is 2. The van der Waals surface area contributed by atoms with E-state index in [9.17, 15) is 13.2 Å². The predicted molar refractivity (Wildman–Crippen MR) is 98.3 cm³/mol. The van der Waals surface area contributed by atoms with E-state index >= 15 is 0 Å². The van der Waals surface area contributed by atoms with Crippen LogP contribution in [0, 0.1) is 6.92 Å². The van der Waals surface area contributed by atoms with Crippen molar-refractivity contribution in [2.75, 3.05) is 10.6 Å². The number of carbonyl (C=O) groups is 1. The predicted octanol–water partition coefficient (Wildman–Crippen LogP) is 2.22. The van der Waals surface area contributed by atoms with Gasteiger partial charge < -0.3 is 15.1 Å². The highest BCUT2D eigenvalue weighted by Crippen LogP contribution is 2.20. The van der Waals surface area contributed by atoms with Gasteiger partial charge in [-0.1, -0.05) is 0 Å². The number of rotatable bonds is 5. The van der Waals surface area contributed by atoms with Gasteiger partial charge in [-0.15, -0.1) is 0 Å². The van der Waals surface area contributed by atoms with E-state index in [0.29, 0.717) is 22.7 Å². The van der Waals surface area contributed by atoms with E-state index in [2.05, 4.69) is 15.6 Å². The lowest BCUT2D eigenvalue weighted by Crippen LogP contribution is -2.31. The van der Waals surface area contributed by atoms with Gasteiger partial charge in [-0.25, -0.2) is 18.5 Å². The lowest BCUT2D eigenvalue weighted by atomic mass is 10.2. The zero-order valence-electron chi connectivity index (χ0n) is 14.2. The van der Waals surface area contributed by atoms with Gasteiger partial charge in [-0.05, 0) is 49.4 Å². The summed E-state index contributed by atoms with van der Waals surface area (Å²) < 4.78 is 27.9. The molecule has 136 valence electrons. The van der Waals surface area contributed by atoms with Gasteiger partial charge in [0.25, 0.3) is 0 Å². The van der Waals surface area contributed by atoms with E-state index < -0.39 is 16.1 Å². The molecule has 0 radical (unpaired) electrons. The summed E-state index contributed by atoms with van der Waals surface area (Å²) in [4.78, 5) is 16.6. The quantitative estimate of drug-likeness (QED) is 0.628. The van der Waals surface area contributed by atoms with Crippen LogP contribution >= 0.6 is 0 Å². The molecular formula is C17H18N4O4S. The third-order valence-electron chi connectivity index (χ3n) is 3.72. The summed E-state index contributed by atoms with van der Waals surface area (Å²) in [7, 11) is -3.76. The number of aromatic nitrogens is 1. The van der Waals surface area contributed by atoms with Crippen molar-refractivity contribution in [1.29, 1.82) is 0 Å². The van der Waals surface area contributed by atoms with Gasteiger partial charge >= 0.3 is 0 Å². The lowest BCUT2D eigenvalue weighted by Gasteiger charge is -2.15. The van der Waals surface area contributed by atoms with Crippen LogP contribution in [0.4, 0.5) is 11.4 Å². The van der Waals surface area contributed by atoms with Crippen LogP contribution in [0.5, 0.6) is 0 Å². The van der Waals surface area contributed by atoms with Crippen molar-refractivity contribution in [3.8, 4) is 0 Å². The van der Waals surface area contributed by atoms with E-state index in [1.54, 1.807) is 32.0 Å². The standard InChI is InChI=1S/C17H18N4O4S/c1-10(19-13-5-8-16-15(9-13)20-11(2)25-16)17(22)21-12-3-6-14(7-4-12)26(18,23)24/h3-10,19H,1-2H3,(H,21,22)(H2,18,23,24)/t10-/m0/s1. The summed E-state index contributed by atoms with van der Waals surface area (Å²) in [6.07, 6.45) is 0. The first kappa shape index (κ1) is 17.9. The van der Waals surface area contributed by atoms with Gasteiger partial charge in [0.2, 0.25) is 15.9 Å². The monoisotopic (exact) mass is 374 g/mol. The van der Waals surface area contributed by atoms with Gasteiger partial charge in [0.1, 0.15) is 11.6 Å². The van der Waals surface area contributed by atoms with Crippen LogP contribution in [0.1, 0.15) is 12.8 Å². The number of aryl methyl sites for hydroxylation is 1. The number of nitrogens with two attached hydrogens (primary N) is 1. The molecule has 3 aromatic rings. The zero-order chi connectivity index (χ0) is 18.9. The largest absolute Gasteiger partial charge is 0.441 e. The minimum absolute atomic E-state index is 0.0159. The number of oxazole rings is 1. The summed E-state index contributed by atoms with van der Waals surface area (Å²) in [6.45, 7) is 3.48. The molecule has 1 amide bonds. The Labute approximate surface area is 150 Å². The summed E-state index contributed by atoms with van der Waals surface area (Å²) in [6, 6.07) is 10.5. The number of benzene rings is 2. The molecule has 4 N–H and O–H groups in total. The Hall–Kier alpha value is -2.91. The lowest BCUT2D eigenvalue weighted by molar-refractivity contribution is -0.116. The maximum absolute atomic E-state index is 12.3. The molecule has 9 heteroatoms. The SMILES string of the molecule is Cc1nc2cc(N[C@@H](C)C(=O)Nc3ccc(S(N)(=O)=O)cc3)ccc2o1. The van der Waals surface area contributed by atoms with Crippen LogP contribution < -0.4 is 15.8 Å². The summed E-state index contributed by atoms with van der Waals surface area (Å²) >= 11 is 0. The molecule has 1 atom stereocenters. The van der Waals surface area contributed by atoms with E-state index in [-0.39, 0.29) is 10.8 Å². The molecule has 2 aromatic carbocycles. The average Bonchev–Trinajstić information content (AvgIpc) is 2.93. The van der Waals surface area contributed by atoms with Crippen molar-refractivity contribution in [3.05, 3.63) is 48.4 Å². The Morgan fingerprint density at radius 3 is 2.46 bits per heavy atom. The van der Waals surface area contributed by atoms with Crippen molar-refractivity contribution in [2.45, 2.75) is 24.8 Å². The van der Waals surface area contributed by atoms with Crippen LogP contribution in [0.25, 0.3) is 11.1 Å². The Morgan fingerprint density at radius 2 is 1.81 bits per heavy atom. The molecule has 1 heterocycles. The number of nitrogens with zero attached hydrogens (tertiary/aromatic N) is 1. The fourth-order valence-corrected chi connectivity index (χ4v) is 2.94. The molecule has 0 saturated carbocycles. The first-order valence-corrected chi connectivity index (χ1v) is 9.34. The molecule has 0 bridgehead atoms. The molecule has 0 fully saturated rings.